The van der Waals surface area contributed by atoms with E-state index < -0.39 is 17.2 Å². The average molecular weight is 682 g/mol. The zero-order valence-corrected chi connectivity index (χ0v) is 30.1. The fourth-order valence-corrected chi connectivity index (χ4v) is 10.1. The molecule has 0 radical (unpaired) electrons. The fourth-order valence-electron chi connectivity index (χ4n) is 10.1. The molecule has 0 saturated heterocycles. The number of nitrogens with zero attached hydrogens (tertiary/aromatic N) is 1. The van der Waals surface area contributed by atoms with Gasteiger partial charge in [0, 0.05) is 17.4 Å². The first-order valence-corrected chi connectivity index (χ1v) is 17.8. The number of fused-ring (bicyclic) bond motifs is 7. The predicted octanol–water partition coefficient (Wildman–Crippen LogP) is 8.84. The Morgan fingerprint density at radius 1 is 0.980 bits per heavy atom. The fraction of sp³-hybridized carbons (Fsp3) is 0.524. The largest absolute Gasteiger partial charge is 0.504 e. The van der Waals surface area contributed by atoms with Crippen molar-refractivity contribution in [2.75, 3.05) is 13.2 Å². The highest BCUT2D eigenvalue weighted by Crippen LogP contribution is 2.75. The van der Waals surface area contributed by atoms with Crippen LogP contribution in [0.4, 0.5) is 4.39 Å². The molecule has 3 fully saturated rings. The van der Waals surface area contributed by atoms with Crippen LogP contribution in [0, 0.1) is 50.1 Å². The van der Waals surface area contributed by atoms with E-state index in [-0.39, 0.29) is 63.9 Å². The summed E-state index contributed by atoms with van der Waals surface area (Å²) in [4.78, 5) is 39.0. The normalized spacial score (nSPS) is 34.8. The molecule has 0 bridgehead atoms. The first-order valence-electron chi connectivity index (χ1n) is 17.8. The average Bonchev–Trinajstić information content (AvgIpc) is 3.09. The van der Waals surface area contributed by atoms with Crippen LogP contribution in [0.25, 0.3) is 6.08 Å². The van der Waals surface area contributed by atoms with Crippen LogP contribution >= 0.6 is 0 Å². The summed E-state index contributed by atoms with van der Waals surface area (Å²) in [5.41, 5.74) is 3.18. The lowest BCUT2D eigenvalue weighted by atomic mass is 9.34. The second kappa shape index (κ2) is 12.5. The van der Waals surface area contributed by atoms with Crippen LogP contribution in [-0.4, -0.2) is 36.0 Å². The van der Waals surface area contributed by atoms with E-state index in [1.165, 1.54) is 35.9 Å². The van der Waals surface area contributed by atoms with Gasteiger partial charge in [0.2, 0.25) is 5.78 Å². The molecule has 264 valence electrons. The SMILES string of the molecule is CC1=C(O)C(=O)C=C2C1=CC=C1[C@@]2(C)CC[C@@]2(C)[C@@H]3C[C@](C)(C(=O)OCCCOC(=O)/C(C#N)=C/c4ccc(F)cc4)CC[C@]3(C)CC[C@]12C. The molecule has 0 aliphatic heterocycles. The Labute approximate surface area is 294 Å². The van der Waals surface area contributed by atoms with E-state index in [4.69, 9.17) is 9.47 Å². The summed E-state index contributed by atoms with van der Waals surface area (Å²) in [7, 11) is 0. The van der Waals surface area contributed by atoms with E-state index in [9.17, 15) is 29.1 Å². The van der Waals surface area contributed by atoms with E-state index in [1.54, 1.807) is 6.08 Å². The molecule has 6 rings (SSSR count). The Bertz CT molecular complexity index is 1840. The molecule has 0 spiro atoms. The van der Waals surface area contributed by atoms with Crippen LogP contribution in [0.1, 0.15) is 98.5 Å². The number of esters is 2. The second-order valence-corrected chi connectivity index (χ2v) is 16.5. The van der Waals surface area contributed by atoms with Gasteiger partial charge in [-0.15, -0.1) is 0 Å². The number of hydrogen-bond acceptors (Lipinski definition) is 7. The predicted molar refractivity (Wildman–Crippen MR) is 187 cm³/mol. The zero-order chi connectivity index (χ0) is 36.3. The van der Waals surface area contributed by atoms with Crippen molar-refractivity contribution in [1.29, 1.82) is 5.26 Å². The number of rotatable bonds is 7. The molecule has 1 aromatic rings. The molecule has 0 amide bonds. The molecule has 5 aliphatic carbocycles. The molecule has 50 heavy (non-hydrogen) atoms. The summed E-state index contributed by atoms with van der Waals surface area (Å²) in [6, 6.07) is 7.26. The van der Waals surface area contributed by atoms with Crippen molar-refractivity contribution in [3.63, 3.8) is 0 Å². The minimum absolute atomic E-state index is 0.0105. The van der Waals surface area contributed by atoms with Gasteiger partial charge in [-0.25, -0.2) is 9.18 Å². The van der Waals surface area contributed by atoms with Crippen LogP contribution < -0.4 is 0 Å². The first kappa shape index (κ1) is 35.6. The maximum atomic E-state index is 13.8. The van der Waals surface area contributed by atoms with Crippen molar-refractivity contribution in [2.45, 2.75) is 92.9 Å². The quantitative estimate of drug-likeness (QED) is 0.132. The second-order valence-electron chi connectivity index (χ2n) is 16.5. The van der Waals surface area contributed by atoms with E-state index >= 15 is 0 Å². The number of ether oxygens (including phenoxy) is 2. The minimum Gasteiger partial charge on any atom is -0.504 e. The van der Waals surface area contributed by atoms with E-state index in [1.807, 2.05) is 19.9 Å². The number of nitriles is 1. The Hall–Kier alpha value is -4.25. The molecule has 1 N–H and O–H groups in total. The van der Waals surface area contributed by atoms with Crippen LogP contribution in [0.5, 0.6) is 0 Å². The summed E-state index contributed by atoms with van der Waals surface area (Å²) in [5.74, 6) is -1.63. The third-order valence-electron chi connectivity index (χ3n) is 13.6. The Kier molecular flexibility index (Phi) is 8.90. The van der Waals surface area contributed by atoms with Crippen molar-refractivity contribution in [2.24, 2.45) is 33.0 Å². The van der Waals surface area contributed by atoms with Gasteiger partial charge in [0.25, 0.3) is 0 Å². The monoisotopic (exact) mass is 681 g/mol. The lowest BCUT2D eigenvalue weighted by Gasteiger charge is -2.70. The number of allylic oxidation sites excluding steroid dienone is 7. The van der Waals surface area contributed by atoms with Crippen LogP contribution in [0.15, 0.2) is 76.1 Å². The highest BCUT2D eigenvalue weighted by atomic mass is 19.1. The third-order valence-corrected chi connectivity index (χ3v) is 13.6. The van der Waals surface area contributed by atoms with Crippen molar-refractivity contribution in [3.8, 4) is 6.07 Å². The van der Waals surface area contributed by atoms with Gasteiger partial charge in [0.05, 0.1) is 18.6 Å². The van der Waals surface area contributed by atoms with Crippen molar-refractivity contribution in [3.05, 3.63) is 87.5 Å². The lowest BCUT2D eigenvalue weighted by molar-refractivity contribution is -0.182. The highest BCUT2D eigenvalue weighted by Gasteiger charge is 2.67. The maximum Gasteiger partial charge on any atom is 0.348 e. The topological polar surface area (TPSA) is 114 Å². The van der Waals surface area contributed by atoms with Gasteiger partial charge in [-0.05, 0) is 122 Å². The standard InChI is InChI=1S/C42H48FNO6/c1-26-30-12-13-33-40(4,31(30)23-32(45)35(26)46)17-19-42(6)34-24-39(3,15-14-38(34,2)16-18-41(33,42)5)37(48)50-21-7-20-49-36(47)28(25-44)22-27-8-10-29(43)11-9-27/h8-13,22-23,34,46H,7,14-21,24H2,1-6H3/b28-22+/t34-,38-,39-,40+,41-,42+/m1/s1. The van der Waals surface area contributed by atoms with Crippen molar-refractivity contribution in [1.82, 2.24) is 0 Å². The van der Waals surface area contributed by atoms with Gasteiger partial charge in [-0.2, -0.15) is 5.26 Å². The molecule has 1 aromatic carbocycles. The third kappa shape index (κ3) is 5.58. The van der Waals surface area contributed by atoms with Crippen LogP contribution in [-0.2, 0) is 23.9 Å². The van der Waals surface area contributed by atoms with Gasteiger partial charge in [-0.3, -0.25) is 9.59 Å². The number of aliphatic hydroxyl groups is 1. The molecule has 0 unspecified atom stereocenters. The van der Waals surface area contributed by atoms with Gasteiger partial charge in [-0.1, -0.05) is 57.6 Å². The molecule has 5 aliphatic rings. The number of carbonyl (C=O) groups is 3. The molecule has 3 saturated carbocycles. The lowest BCUT2D eigenvalue weighted by Crippen LogP contribution is -2.62. The molecule has 6 atom stereocenters. The Morgan fingerprint density at radius 3 is 2.36 bits per heavy atom. The number of halogens is 1. The summed E-state index contributed by atoms with van der Waals surface area (Å²) < 4.78 is 24.3. The Morgan fingerprint density at radius 2 is 1.66 bits per heavy atom. The number of carbonyl (C=O) groups excluding carboxylic acids is 3. The van der Waals surface area contributed by atoms with E-state index in [2.05, 4.69) is 39.8 Å². The van der Waals surface area contributed by atoms with E-state index in [0.717, 1.165) is 56.1 Å². The molecular weight excluding hydrogens is 633 g/mol. The number of aliphatic hydroxyl groups excluding tert-OH is 1. The Balaban J connectivity index is 1.13. The smallest absolute Gasteiger partial charge is 0.348 e. The van der Waals surface area contributed by atoms with Crippen LogP contribution in [0.2, 0.25) is 0 Å². The maximum absolute atomic E-state index is 13.8. The van der Waals surface area contributed by atoms with Gasteiger partial charge >= 0.3 is 11.9 Å². The first-order chi connectivity index (χ1) is 23.5. The van der Waals surface area contributed by atoms with Crippen LogP contribution in [0.3, 0.4) is 0 Å². The number of ketones is 1. The van der Waals surface area contributed by atoms with Gasteiger partial charge < -0.3 is 14.6 Å². The van der Waals surface area contributed by atoms with E-state index in [0.29, 0.717) is 17.6 Å². The highest BCUT2D eigenvalue weighted by molar-refractivity contribution is 6.06. The molecular formula is C42H48FNO6. The van der Waals surface area contributed by atoms with Gasteiger partial charge in [0.15, 0.2) is 5.76 Å². The summed E-state index contributed by atoms with van der Waals surface area (Å²) in [6.07, 6.45) is 14.0. The molecule has 8 heteroatoms. The summed E-state index contributed by atoms with van der Waals surface area (Å²) in [6.45, 7) is 13.4. The molecule has 0 aromatic heterocycles. The summed E-state index contributed by atoms with van der Waals surface area (Å²) in [5, 5.41) is 19.8. The molecule has 0 heterocycles. The zero-order valence-electron chi connectivity index (χ0n) is 30.1. The summed E-state index contributed by atoms with van der Waals surface area (Å²) >= 11 is 0. The van der Waals surface area contributed by atoms with Gasteiger partial charge in [0.1, 0.15) is 17.5 Å². The van der Waals surface area contributed by atoms with Crippen molar-refractivity contribution < 1.29 is 33.4 Å². The molecule has 7 nitrogen and oxygen atoms in total. The van der Waals surface area contributed by atoms with Crippen molar-refractivity contribution >= 4 is 23.8 Å². The number of hydrogen-bond donors (Lipinski definition) is 1. The number of benzene rings is 1. The minimum atomic E-state index is -0.783.